The average molecular weight is 234 g/mol. The topological polar surface area (TPSA) is 36.3 Å². The van der Waals surface area contributed by atoms with Crippen molar-refractivity contribution in [2.45, 2.75) is 32.8 Å². The monoisotopic (exact) mass is 234 g/mol. The van der Waals surface area contributed by atoms with E-state index in [1.807, 2.05) is 0 Å². The second-order valence-electron chi connectivity index (χ2n) is 6.54. The van der Waals surface area contributed by atoms with E-state index in [2.05, 4.69) is 24.8 Å². The second-order valence-corrected chi connectivity index (χ2v) is 6.54. The van der Waals surface area contributed by atoms with Gasteiger partial charge in [0.1, 0.15) is 0 Å². The molecule has 0 amide bonds. The zero-order valence-corrected chi connectivity index (χ0v) is 10.9. The van der Waals surface area contributed by atoms with Crippen LogP contribution in [0.25, 0.3) is 0 Å². The molecule has 3 aliphatic rings. The molecule has 2 saturated carbocycles. The molecule has 1 aliphatic heterocycles. The van der Waals surface area contributed by atoms with Crippen LogP contribution in [0.1, 0.15) is 26.7 Å². The van der Waals surface area contributed by atoms with E-state index in [0.29, 0.717) is 29.3 Å². The van der Waals surface area contributed by atoms with E-state index in [1.54, 1.807) is 0 Å². The Labute approximate surface area is 104 Å². The summed E-state index contributed by atoms with van der Waals surface area (Å²) in [6.45, 7) is 8.67. The third kappa shape index (κ3) is 2.21. The summed E-state index contributed by atoms with van der Waals surface area (Å²) in [5.74, 6) is 1.77. The summed E-state index contributed by atoms with van der Waals surface area (Å²) < 4.78 is 5.78. The highest BCUT2D eigenvalue weighted by molar-refractivity contribution is 5.15. The smallest absolute Gasteiger partial charge is 0.0662 e. The Balaban J connectivity index is 1.45. The van der Waals surface area contributed by atoms with Gasteiger partial charge >= 0.3 is 0 Å². The van der Waals surface area contributed by atoms with Gasteiger partial charge < -0.3 is 9.64 Å². The summed E-state index contributed by atoms with van der Waals surface area (Å²) >= 11 is 0. The van der Waals surface area contributed by atoms with Gasteiger partial charge in [0.2, 0.25) is 0 Å². The lowest BCUT2D eigenvalue weighted by atomic mass is 10.1. The third-order valence-electron chi connectivity index (χ3n) is 4.66. The standard InChI is InChI=1S/C14H22N2O/c1-10(2)17-9-14(3-4-14)8-16-6-12-11(5-15)13(12)7-16/h10-13H,3-4,6-9H2,1-2H3/t11?,12-,13+. The number of nitriles is 1. The van der Waals surface area contributed by atoms with Gasteiger partial charge in [-0.25, -0.2) is 0 Å². The van der Waals surface area contributed by atoms with Crippen molar-refractivity contribution >= 4 is 0 Å². The van der Waals surface area contributed by atoms with E-state index in [9.17, 15) is 0 Å². The van der Waals surface area contributed by atoms with Crippen LogP contribution in [0.3, 0.4) is 0 Å². The molecule has 1 saturated heterocycles. The number of nitrogens with zero attached hydrogens (tertiary/aromatic N) is 2. The molecule has 0 aromatic rings. The van der Waals surface area contributed by atoms with Crippen molar-refractivity contribution in [1.29, 1.82) is 5.26 Å². The normalized spacial score (nSPS) is 37.9. The Kier molecular flexibility index (Phi) is 2.68. The molecule has 3 atom stereocenters. The van der Waals surface area contributed by atoms with Crippen LogP contribution in [-0.2, 0) is 4.74 Å². The van der Waals surface area contributed by atoms with Gasteiger partial charge in [-0.3, -0.25) is 0 Å². The molecule has 0 aromatic carbocycles. The molecular weight excluding hydrogens is 212 g/mol. The van der Waals surface area contributed by atoms with Crippen molar-refractivity contribution in [1.82, 2.24) is 4.90 Å². The molecule has 1 heterocycles. The van der Waals surface area contributed by atoms with Crippen molar-refractivity contribution in [3.05, 3.63) is 0 Å². The summed E-state index contributed by atoms with van der Waals surface area (Å²) in [7, 11) is 0. The van der Waals surface area contributed by atoms with Gasteiger partial charge in [-0.05, 0) is 38.5 Å². The largest absolute Gasteiger partial charge is 0.378 e. The number of fused-ring (bicyclic) bond motifs is 1. The maximum Gasteiger partial charge on any atom is 0.0662 e. The number of hydrogen-bond donors (Lipinski definition) is 0. The zero-order valence-electron chi connectivity index (χ0n) is 10.9. The molecular formula is C14H22N2O. The van der Waals surface area contributed by atoms with Crippen LogP contribution in [-0.4, -0.2) is 37.2 Å². The molecule has 0 N–H and O–H groups in total. The summed E-state index contributed by atoms with van der Waals surface area (Å²) in [4.78, 5) is 2.57. The van der Waals surface area contributed by atoms with Crippen molar-refractivity contribution < 1.29 is 4.74 Å². The fourth-order valence-corrected chi connectivity index (χ4v) is 3.28. The predicted octanol–water partition coefficient (Wildman–Crippen LogP) is 1.89. The van der Waals surface area contributed by atoms with Crippen LogP contribution in [0.5, 0.6) is 0 Å². The first-order valence-electron chi connectivity index (χ1n) is 6.87. The highest BCUT2D eigenvalue weighted by Crippen LogP contribution is 2.54. The van der Waals surface area contributed by atoms with Crippen LogP contribution in [0.2, 0.25) is 0 Å². The fraction of sp³-hybridized carbons (Fsp3) is 0.929. The minimum Gasteiger partial charge on any atom is -0.378 e. The van der Waals surface area contributed by atoms with Crippen molar-refractivity contribution in [3.63, 3.8) is 0 Å². The number of ether oxygens (including phenoxy) is 1. The Morgan fingerprint density at radius 2 is 2.00 bits per heavy atom. The third-order valence-corrected chi connectivity index (χ3v) is 4.66. The molecule has 0 aromatic heterocycles. The lowest BCUT2D eigenvalue weighted by Gasteiger charge is -2.25. The van der Waals surface area contributed by atoms with Crippen LogP contribution < -0.4 is 0 Å². The number of hydrogen-bond acceptors (Lipinski definition) is 3. The quantitative estimate of drug-likeness (QED) is 0.729. The molecule has 3 nitrogen and oxygen atoms in total. The first-order valence-corrected chi connectivity index (χ1v) is 6.87. The molecule has 94 valence electrons. The van der Waals surface area contributed by atoms with Gasteiger partial charge in [0, 0.05) is 25.0 Å². The van der Waals surface area contributed by atoms with Gasteiger partial charge in [-0.15, -0.1) is 0 Å². The van der Waals surface area contributed by atoms with E-state index in [4.69, 9.17) is 10.00 Å². The second kappa shape index (κ2) is 3.96. The first-order chi connectivity index (χ1) is 8.13. The SMILES string of the molecule is CC(C)OCC1(CN2C[C@@H]3C(C#N)[C@@H]3C2)CC1. The fourth-order valence-electron chi connectivity index (χ4n) is 3.28. The minimum absolute atomic E-state index is 0.349. The van der Waals surface area contributed by atoms with Crippen molar-refractivity contribution in [3.8, 4) is 6.07 Å². The lowest BCUT2D eigenvalue weighted by Crippen LogP contribution is -2.33. The molecule has 0 radical (unpaired) electrons. The molecule has 17 heavy (non-hydrogen) atoms. The van der Waals surface area contributed by atoms with Crippen LogP contribution in [0, 0.1) is 34.5 Å². The van der Waals surface area contributed by atoms with Crippen molar-refractivity contribution in [2.24, 2.45) is 23.2 Å². The van der Waals surface area contributed by atoms with Gasteiger partial charge in [0.25, 0.3) is 0 Å². The zero-order chi connectivity index (χ0) is 12.0. The van der Waals surface area contributed by atoms with E-state index in [0.717, 1.165) is 19.7 Å². The van der Waals surface area contributed by atoms with E-state index < -0.39 is 0 Å². The Morgan fingerprint density at radius 1 is 1.35 bits per heavy atom. The maximum absolute atomic E-state index is 8.90. The predicted molar refractivity (Wildman–Crippen MR) is 65.3 cm³/mol. The number of rotatable bonds is 5. The molecule has 0 spiro atoms. The van der Waals surface area contributed by atoms with E-state index in [-0.39, 0.29) is 0 Å². The van der Waals surface area contributed by atoms with Gasteiger partial charge in [-0.1, -0.05) is 0 Å². The van der Waals surface area contributed by atoms with E-state index in [1.165, 1.54) is 19.4 Å². The highest BCUT2D eigenvalue weighted by atomic mass is 16.5. The lowest BCUT2D eigenvalue weighted by molar-refractivity contribution is 0.0321. The minimum atomic E-state index is 0.349. The van der Waals surface area contributed by atoms with Crippen LogP contribution in [0.4, 0.5) is 0 Å². The molecule has 3 rings (SSSR count). The maximum atomic E-state index is 8.90. The van der Waals surface area contributed by atoms with Gasteiger partial charge in [0.15, 0.2) is 0 Å². The Morgan fingerprint density at radius 3 is 2.47 bits per heavy atom. The van der Waals surface area contributed by atoms with Crippen molar-refractivity contribution in [2.75, 3.05) is 26.2 Å². The average Bonchev–Trinajstić information content (AvgIpc) is 3.15. The molecule has 3 heteroatoms. The Hall–Kier alpha value is -0.590. The first kappa shape index (κ1) is 11.5. The highest BCUT2D eigenvalue weighted by Gasteiger charge is 2.57. The van der Waals surface area contributed by atoms with Gasteiger partial charge in [-0.2, -0.15) is 5.26 Å². The van der Waals surface area contributed by atoms with Crippen LogP contribution in [0.15, 0.2) is 0 Å². The van der Waals surface area contributed by atoms with E-state index >= 15 is 0 Å². The summed E-state index contributed by atoms with van der Waals surface area (Å²) in [6, 6.07) is 2.43. The molecule has 3 fully saturated rings. The molecule has 0 bridgehead atoms. The molecule has 2 aliphatic carbocycles. The van der Waals surface area contributed by atoms with Gasteiger partial charge in [0.05, 0.1) is 24.7 Å². The van der Waals surface area contributed by atoms with Crippen LogP contribution >= 0.6 is 0 Å². The Bertz CT molecular complexity index is 331. The number of piperidine rings is 1. The summed E-state index contributed by atoms with van der Waals surface area (Å²) in [5.41, 5.74) is 0.461. The summed E-state index contributed by atoms with van der Waals surface area (Å²) in [6.07, 6.45) is 3.00. The molecule has 1 unspecified atom stereocenters. The number of likely N-dealkylation sites (tertiary alicyclic amines) is 1. The summed E-state index contributed by atoms with van der Waals surface area (Å²) in [5, 5.41) is 8.90.